The molecule has 0 N–H and O–H groups in total. The van der Waals surface area contributed by atoms with E-state index in [1.807, 2.05) is 0 Å². The number of rotatable bonds is 46. The molecule has 0 aliphatic carbocycles. The number of hydrogen-bond acceptors (Lipinski definition) is 6. The lowest BCUT2D eigenvalue weighted by atomic mass is 10.0. The normalized spacial score (nSPS) is 12.9. The van der Waals surface area contributed by atoms with Gasteiger partial charge in [-0.05, 0) is 83.5 Å². The highest BCUT2D eigenvalue weighted by atomic mass is 16.6. The summed E-state index contributed by atoms with van der Waals surface area (Å²) in [6.45, 7) is 6.43. The van der Waals surface area contributed by atoms with E-state index < -0.39 is 6.10 Å². The average molecular weight is 889 g/mol. The molecule has 0 heterocycles. The summed E-state index contributed by atoms with van der Waals surface area (Å²) in [4.78, 5) is 38.0. The molecular weight excluding hydrogens is 793 g/mol. The molecule has 0 spiro atoms. The molecule has 0 radical (unpaired) electrons. The van der Waals surface area contributed by atoms with Gasteiger partial charge in [0.25, 0.3) is 0 Å². The van der Waals surface area contributed by atoms with E-state index in [-0.39, 0.29) is 37.5 Å². The number of unbranched alkanes of at least 4 members (excludes halogenated alkanes) is 22. The smallest absolute Gasteiger partial charge is 0.306 e. The Morgan fingerprint density at radius 2 is 0.672 bits per heavy atom. The molecule has 0 rings (SSSR count). The van der Waals surface area contributed by atoms with E-state index in [1.54, 1.807) is 0 Å². The van der Waals surface area contributed by atoms with Crippen LogP contribution in [0.5, 0.6) is 0 Å². The summed E-state index contributed by atoms with van der Waals surface area (Å²) >= 11 is 0. The van der Waals surface area contributed by atoms with Crippen LogP contribution in [0, 0.1) is 0 Å². The summed E-state index contributed by atoms with van der Waals surface area (Å²) in [6, 6.07) is 0. The molecule has 6 heteroatoms. The van der Waals surface area contributed by atoms with Crippen molar-refractivity contribution < 1.29 is 28.6 Å². The van der Waals surface area contributed by atoms with Gasteiger partial charge >= 0.3 is 17.9 Å². The second kappa shape index (κ2) is 52.0. The topological polar surface area (TPSA) is 78.9 Å². The van der Waals surface area contributed by atoms with Crippen LogP contribution in [0.4, 0.5) is 0 Å². The monoisotopic (exact) mass is 889 g/mol. The summed E-state index contributed by atoms with van der Waals surface area (Å²) in [5.74, 6) is -0.954. The van der Waals surface area contributed by atoms with Crippen molar-refractivity contribution in [3.63, 3.8) is 0 Å². The van der Waals surface area contributed by atoms with Gasteiger partial charge in [-0.3, -0.25) is 14.4 Å². The van der Waals surface area contributed by atoms with Gasteiger partial charge in [0.15, 0.2) is 6.10 Å². The highest BCUT2D eigenvalue weighted by Crippen LogP contribution is 2.14. The van der Waals surface area contributed by atoms with Crippen LogP contribution in [-0.2, 0) is 28.6 Å². The van der Waals surface area contributed by atoms with Crippen molar-refractivity contribution in [2.75, 3.05) is 13.2 Å². The summed E-state index contributed by atoms with van der Waals surface area (Å²) in [6.07, 6.45) is 68.1. The van der Waals surface area contributed by atoms with E-state index in [9.17, 15) is 14.4 Å². The highest BCUT2D eigenvalue weighted by molar-refractivity contribution is 5.71. The highest BCUT2D eigenvalue weighted by Gasteiger charge is 2.19. The second-order valence-corrected chi connectivity index (χ2v) is 17.1. The zero-order valence-electron chi connectivity index (χ0n) is 41.5. The zero-order chi connectivity index (χ0) is 46.5. The van der Waals surface area contributed by atoms with Crippen molar-refractivity contribution in [2.24, 2.45) is 0 Å². The van der Waals surface area contributed by atoms with Crippen LogP contribution in [0.2, 0.25) is 0 Å². The fourth-order valence-corrected chi connectivity index (χ4v) is 6.97. The molecule has 0 bridgehead atoms. The van der Waals surface area contributed by atoms with Gasteiger partial charge in [0.1, 0.15) is 13.2 Å². The lowest BCUT2D eigenvalue weighted by molar-refractivity contribution is -0.167. The van der Waals surface area contributed by atoms with Crippen molar-refractivity contribution in [1.82, 2.24) is 0 Å². The first-order valence-electron chi connectivity index (χ1n) is 26.3. The summed E-state index contributed by atoms with van der Waals surface area (Å²) in [5, 5.41) is 0. The van der Waals surface area contributed by atoms with Crippen molar-refractivity contribution in [3.05, 3.63) is 97.2 Å². The second-order valence-electron chi connectivity index (χ2n) is 17.1. The molecule has 6 nitrogen and oxygen atoms in total. The van der Waals surface area contributed by atoms with Crippen LogP contribution in [0.25, 0.3) is 0 Å². The molecule has 0 aliphatic heterocycles. The Morgan fingerprint density at radius 3 is 1.14 bits per heavy atom. The minimum absolute atomic E-state index is 0.0978. The Hall–Kier alpha value is -3.67. The maximum Gasteiger partial charge on any atom is 0.306 e. The van der Waals surface area contributed by atoms with Crippen molar-refractivity contribution >= 4 is 17.9 Å². The third-order valence-corrected chi connectivity index (χ3v) is 10.9. The summed E-state index contributed by atoms with van der Waals surface area (Å²) < 4.78 is 16.8. The predicted octanol–water partition coefficient (Wildman–Crippen LogP) is 17.4. The van der Waals surface area contributed by atoms with Gasteiger partial charge in [-0.25, -0.2) is 0 Å². The Labute approximate surface area is 394 Å². The fraction of sp³-hybridized carbons (Fsp3) is 0.672. The number of hydrogen-bond donors (Lipinski definition) is 0. The molecule has 364 valence electrons. The number of esters is 3. The Kier molecular flexibility index (Phi) is 49.0. The molecule has 0 aliphatic rings. The van der Waals surface area contributed by atoms with Crippen molar-refractivity contribution in [1.29, 1.82) is 0 Å². The largest absolute Gasteiger partial charge is 0.462 e. The van der Waals surface area contributed by atoms with Gasteiger partial charge in [-0.2, -0.15) is 0 Å². The van der Waals surface area contributed by atoms with Gasteiger partial charge in [0.2, 0.25) is 0 Å². The van der Waals surface area contributed by atoms with E-state index in [0.717, 1.165) is 116 Å². The van der Waals surface area contributed by atoms with Gasteiger partial charge in [-0.15, -0.1) is 0 Å². The molecule has 0 saturated carbocycles. The van der Waals surface area contributed by atoms with Crippen LogP contribution in [0.3, 0.4) is 0 Å². The van der Waals surface area contributed by atoms with E-state index >= 15 is 0 Å². The minimum atomic E-state index is -0.803. The molecule has 0 aromatic rings. The molecule has 0 aromatic carbocycles. The number of ether oxygens (including phenoxy) is 3. The average Bonchev–Trinajstić information content (AvgIpc) is 3.29. The molecule has 0 aromatic heterocycles. The van der Waals surface area contributed by atoms with Crippen LogP contribution in [0.1, 0.15) is 233 Å². The maximum absolute atomic E-state index is 12.8. The van der Waals surface area contributed by atoms with Crippen LogP contribution >= 0.6 is 0 Å². The Morgan fingerprint density at radius 1 is 0.344 bits per heavy atom. The first kappa shape index (κ1) is 60.3. The van der Waals surface area contributed by atoms with Gasteiger partial charge in [0, 0.05) is 19.3 Å². The first-order chi connectivity index (χ1) is 31.5. The third-order valence-electron chi connectivity index (χ3n) is 10.9. The summed E-state index contributed by atoms with van der Waals surface area (Å²) in [5.41, 5.74) is 0. The van der Waals surface area contributed by atoms with E-state index in [0.29, 0.717) is 12.8 Å². The SMILES string of the molecule is CC/C=C\C/C=C\C/C=C\C/C=C\CCCCCC(=O)OC(COC(=O)CCCCCCC\C=C/C=C\C=C/C=C\CCCCC)COC(=O)CCCCCCCCCCCCCC. The third kappa shape index (κ3) is 49.3. The van der Waals surface area contributed by atoms with Gasteiger partial charge < -0.3 is 14.2 Å². The molecule has 0 amide bonds. The van der Waals surface area contributed by atoms with Crippen molar-refractivity contribution in [2.45, 2.75) is 239 Å². The maximum atomic E-state index is 12.8. The molecule has 0 fully saturated rings. The van der Waals surface area contributed by atoms with E-state index in [1.165, 1.54) is 77.0 Å². The standard InChI is InChI=1S/C58H96O6/c1-4-7-10-13-16-19-22-25-27-29-30-32-33-36-39-42-45-48-51-57(60)63-54-55(53-62-56(59)50-47-44-41-38-35-24-21-18-15-12-9-6-3)64-58(61)52-49-46-43-40-37-34-31-28-26-23-20-17-14-11-8-5-2/h8,11,16-17,19-20,22,25-30,32,34,37,55H,4-7,9-10,12-15,18,21,23-24,31,33,35-36,38-54H2,1-3H3/b11-8-,19-16-,20-17-,25-22-,28-26-,29-27-,32-30-,37-34-. The molecule has 1 unspecified atom stereocenters. The molecular formula is C58H96O6. The molecule has 64 heavy (non-hydrogen) atoms. The Balaban J connectivity index is 4.49. The minimum Gasteiger partial charge on any atom is -0.462 e. The Bertz CT molecular complexity index is 1300. The fourth-order valence-electron chi connectivity index (χ4n) is 6.97. The lowest BCUT2D eigenvalue weighted by Gasteiger charge is -2.18. The van der Waals surface area contributed by atoms with E-state index in [2.05, 4.69) is 118 Å². The van der Waals surface area contributed by atoms with Crippen LogP contribution in [0.15, 0.2) is 97.2 Å². The predicted molar refractivity (Wildman–Crippen MR) is 274 cm³/mol. The van der Waals surface area contributed by atoms with Gasteiger partial charge in [-0.1, -0.05) is 227 Å². The quantitative estimate of drug-likeness (QED) is 0.0199. The van der Waals surface area contributed by atoms with Crippen molar-refractivity contribution in [3.8, 4) is 0 Å². The first-order valence-corrected chi connectivity index (χ1v) is 26.3. The zero-order valence-corrected chi connectivity index (χ0v) is 41.5. The molecule has 0 saturated heterocycles. The summed E-state index contributed by atoms with van der Waals surface area (Å²) in [7, 11) is 0. The van der Waals surface area contributed by atoms with Gasteiger partial charge in [0.05, 0.1) is 0 Å². The molecule has 1 atom stereocenters. The van der Waals surface area contributed by atoms with E-state index in [4.69, 9.17) is 14.2 Å². The number of carbonyl (C=O) groups is 3. The number of carbonyl (C=O) groups excluding carboxylic acids is 3. The van der Waals surface area contributed by atoms with Crippen LogP contribution < -0.4 is 0 Å². The number of allylic oxidation sites excluding steroid dienone is 16. The lowest BCUT2D eigenvalue weighted by Crippen LogP contribution is -2.30. The van der Waals surface area contributed by atoms with Crippen LogP contribution in [-0.4, -0.2) is 37.2 Å².